The van der Waals surface area contributed by atoms with Crippen LogP contribution in [0.1, 0.15) is 37.2 Å². The molecule has 0 aromatic carbocycles. The fourth-order valence-corrected chi connectivity index (χ4v) is 2.72. The molecule has 1 fully saturated rings. The molecule has 0 spiro atoms. The lowest BCUT2D eigenvalue weighted by atomic mass is 9.96. The molecule has 0 bridgehead atoms. The highest BCUT2D eigenvalue weighted by atomic mass is 16.3. The molecule has 0 radical (unpaired) electrons. The molecule has 1 aliphatic heterocycles. The first-order valence-corrected chi connectivity index (χ1v) is 7.95. The van der Waals surface area contributed by atoms with Gasteiger partial charge >= 0.3 is 0 Å². The van der Waals surface area contributed by atoms with Crippen LogP contribution in [0, 0.1) is 5.92 Å². The van der Waals surface area contributed by atoms with Gasteiger partial charge in [-0.05, 0) is 50.9 Å². The standard InChI is InChI=1S/C16H25N3O3/c1-3-17-11-13-6-8-19(9-7-13)16(21)12(2)18-15(20)14-5-4-10-22-14/h4-5,10,12-13,17H,3,6-9,11H2,1-2H3,(H,18,20). The maximum Gasteiger partial charge on any atom is 0.287 e. The zero-order valence-electron chi connectivity index (χ0n) is 13.3. The third-order valence-electron chi connectivity index (χ3n) is 4.07. The summed E-state index contributed by atoms with van der Waals surface area (Å²) >= 11 is 0. The molecule has 1 aliphatic rings. The highest BCUT2D eigenvalue weighted by molar-refractivity contribution is 5.95. The van der Waals surface area contributed by atoms with Gasteiger partial charge in [-0.15, -0.1) is 0 Å². The van der Waals surface area contributed by atoms with Crippen LogP contribution in [0.25, 0.3) is 0 Å². The summed E-state index contributed by atoms with van der Waals surface area (Å²) in [5, 5.41) is 6.04. The van der Waals surface area contributed by atoms with E-state index in [9.17, 15) is 9.59 Å². The molecule has 122 valence electrons. The average molecular weight is 307 g/mol. The van der Waals surface area contributed by atoms with Gasteiger partial charge in [0.1, 0.15) is 6.04 Å². The number of carbonyl (C=O) groups excluding carboxylic acids is 2. The maximum absolute atomic E-state index is 12.4. The van der Waals surface area contributed by atoms with E-state index in [0.717, 1.165) is 39.0 Å². The molecule has 2 amide bonds. The van der Waals surface area contributed by atoms with Crippen molar-refractivity contribution < 1.29 is 14.0 Å². The third kappa shape index (κ3) is 4.34. The van der Waals surface area contributed by atoms with Gasteiger partial charge < -0.3 is 20.0 Å². The van der Waals surface area contributed by atoms with E-state index in [2.05, 4.69) is 17.6 Å². The number of nitrogens with one attached hydrogen (secondary N) is 2. The Morgan fingerprint density at radius 2 is 2.14 bits per heavy atom. The number of amides is 2. The van der Waals surface area contributed by atoms with Crippen LogP contribution in [0.15, 0.2) is 22.8 Å². The lowest BCUT2D eigenvalue weighted by Gasteiger charge is -2.33. The van der Waals surface area contributed by atoms with Gasteiger partial charge in [0, 0.05) is 13.1 Å². The van der Waals surface area contributed by atoms with Crippen LogP contribution in [-0.4, -0.2) is 48.9 Å². The summed E-state index contributed by atoms with van der Waals surface area (Å²) in [5.41, 5.74) is 0. The molecule has 1 unspecified atom stereocenters. The van der Waals surface area contributed by atoms with E-state index in [1.54, 1.807) is 19.1 Å². The number of furan rings is 1. The van der Waals surface area contributed by atoms with Crippen molar-refractivity contribution in [2.45, 2.75) is 32.7 Å². The van der Waals surface area contributed by atoms with Gasteiger partial charge in [0.05, 0.1) is 6.26 Å². The fourth-order valence-electron chi connectivity index (χ4n) is 2.72. The van der Waals surface area contributed by atoms with Crippen molar-refractivity contribution in [3.63, 3.8) is 0 Å². The zero-order valence-corrected chi connectivity index (χ0v) is 13.3. The molecule has 2 rings (SSSR count). The Hall–Kier alpha value is -1.82. The van der Waals surface area contributed by atoms with Crippen LogP contribution >= 0.6 is 0 Å². The summed E-state index contributed by atoms with van der Waals surface area (Å²) in [4.78, 5) is 26.1. The topological polar surface area (TPSA) is 74.6 Å². The van der Waals surface area contributed by atoms with Gasteiger partial charge in [0.25, 0.3) is 5.91 Å². The Balaban J connectivity index is 1.78. The highest BCUT2D eigenvalue weighted by Crippen LogP contribution is 2.17. The van der Waals surface area contributed by atoms with E-state index in [0.29, 0.717) is 5.92 Å². The van der Waals surface area contributed by atoms with E-state index in [1.165, 1.54) is 6.26 Å². The molecule has 6 nitrogen and oxygen atoms in total. The SMILES string of the molecule is CCNCC1CCN(C(=O)C(C)NC(=O)c2ccco2)CC1. The van der Waals surface area contributed by atoms with E-state index in [1.807, 2.05) is 4.90 Å². The average Bonchev–Trinajstić information content (AvgIpc) is 3.07. The molecule has 0 aliphatic carbocycles. The zero-order chi connectivity index (χ0) is 15.9. The van der Waals surface area contributed by atoms with E-state index >= 15 is 0 Å². The summed E-state index contributed by atoms with van der Waals surface area (Å²) in [6.45, 7) is 7.33. The molecule has 1 aromatic heterocycles. The minimum atomic E-state index is -0.539. The van der Waals surface area contributed by atoms with Crippen LogP contribution in [0.4, 0.5) is 0 Å². The maximum atomic E-state index is 12.4. The molecular formula is C16H25N3O3. The van der Waals surface area contributed by atoms with Crippen molar-refractivity contribution in [3.05, 3.63) is 24.2 Å². The second-order valence-electron chi connectivity index (χ2n) is 5.75. The van der Waals surface area contributed by atoms with E-state index < -0.39 is 6.04 Å². The highest BCUT2D eigenvalue weighted by Gasteiger charge is 2.27. The van der Waals surface area contributed by atoms with Crippen molar-refractivity contribution >= 4 is 11.8 Å². The number of likely N-dealkylation sites (tertiary alicyclic amines) is 1. The van der Waals surface area contributed by atoms with Crippen molar-refractivity contribution in [3.8, 4) is 0 Å². The predicted molar refractivity (Wildman–Crippen MR) is 83.5 cm³/mol. The van der Waals surface area contributed by atoms with Crippen LogP contribution in [0.2, 0.25) is 0 Å². The van der Waals surface area contributed by atoms with Crippen molar-refractivity contribution in [1.82, 2.24) is 15.5 Å². The Labute approximate surface area is 131 Å². The first-order chi connectivity index (χ1) is 10.6. The molecule has 1 aromatic rings. The molecular weight excluding hydrogens is 282 g/mol. The quantitative estimate of drug-likeness (QED) is 0.829. The number of hydrogen-bond donors (Lipinski definition) is 2. The van der Waals surface area contributed by atoms with Crippen molar-refractivity contribution in [1.29, 1.82) is 0 Å². The first kappa shape index (κ1) is 16.5. The molecule has 2 N–H and O–H groups in total. The number of hydrogen-bond acceptors (Lipinski definition) is 4. The van der Waals surface area contributed by atoms with Gasteiger partial charge in [-0.3, -0.25) is 9.59 Å². The molecule has 0 saturated carbocycles. The molecule has 1 saturated heterocycles. The molecule has 1 atom stereocenters. The van der Waals surface area contributed by atoms with Gasteiger partial charge in [-0.2, -0.15) is 0 Å². The summed E-state index contributed by atoms with van der Waals surface area (Å²) in [6.07, 6.45) is 3.46. The van der Waals surface area contributed by atoms with Crippen LogP contribution in [0.5, 0.6) is 0 Å². The van der Waals surface area contributed by atoms with Crippen molar-refractivity contribution in [2.24, 2.45) is 5.92 Å². The molecule has 6 heteroatoms. The smallest absolute Gasteiger partial charge is 0.287 e. The first-order valence-electron chi connectivity index (χ1n) is 7.95. The van der Waals surface area contributed by atoms with E-state index in [4.69, 9.17) is 4.42 Å². The third-order valence-corrected chi connectivity index (χ3v) is 4.07. The molecule has 2 heterocycles. The Morgan fingerprint density at radius 1 is 1.41 bits per heavy atom. The molecule has 22 heavy (non-hydrogen) atoms. The number of piperidine rings is 1. The summed E-state index contributed by atoms with van der Waals surface area (Å²) in [5.74, 6) is 0.482. The summed E-state index contributed by atoms with van der Waals surface area (Å²) in [7, 11) is 0. The van der Waals surface area contributed by atoms with Crippen molar-refractivity contribution in [2.75, 3.05) is 26.2 Å². The van der Waals surface area contributed by atoms with E-state index in [-0.39, 0.29) is 17.6 Å². The lowest BCUT2D eigenvalue weighted by Crippen LogP contribution is -2.49. The van der Waals surface area contributed by atoms with Crippen LogP contribution < -0.4 is 10.6 Å². The second-order valence-corrected chi connectivity index (χ2v) is 5.75. The largest absolute Gasteiger partial charge is 0.459 e. The minimum Gasteiger partial charge on any atom is -0.459 e. The second kappa shape index (κ2) is 7.98. The minimum absolute atomic E-state index is 0.0261. The van der Waals surface area contributed by atoms with Gasteiger partial charge in [0.2, 0.25) is 5.91 Å². The number of rotatable bonds is 6. The normalized spacial score (nSPS) is 17.3. The predicted octanol–water partition coefficient (Wildman–Crippen LogP) is 1.25. The fraction of sp³-hybridized carbons (Fsp3) is 0.625. The Morgan fingerprint density at radius 3 is 2.73 bits per heavy atom. The van der Waals surface area contributed by atoms with Crippen LogP contribution in [0.3, 0.4) is 0 Å². The lowest BCUT2D eigenvalue weighted by molar-refractivity contribution is -0.134. The van der Waals surface area contributed by atoms with Gasteiger partial charge in [-0.25, -0.2) is 0 Å². The number of nitrogens with zero attached hydrogens (tertiary/aromatic N) is 1. The van der Waals surface area contributed by atoms with Gasteiger partial charge in [-0.1, -0.05) is 6.92 Å². The van der Waals surface area contributed by atoms with Gasteiger partial charge in [0.15, 0.2) is 5.76 Å². The summed E-state index contributed by atoms with van der Waals surface area (Å²) in [6, 6.07) is 2.69. The monoisotopic (exact) mass is 307 g/mol. The number of carbonyl (C=O) groups is 2. The van der Waals surface area contributed by atoms with Crippen LogP contribution in [-0.2, 0) is 4.79 Å². The Bertz CT molecular complexity index is 479. The Kier molecular flexibility index (Phi) is 6.00. The summed E-state index contributed by atoms with van der Waals surface area (Å²) < 4.78 is 5.03.